The van der Waals surface area contributed by atoms with E-state index in [-0.39, 0.29) is 29.8 Å². The zero-order valence-corrected chi connectivity index (χ0v) is 16.1. The molecule has 144 valence electrons. The van der Waals surface area contributed by atoms with E-state index >= 15 is 0 Å². The van der Waals surface area contributed by atoms with Gasteiger partial charge in [0.25, 0.3) is 0 Å². The lowest BCUT2D eigenvalue weighted by atomic mass is 10.0. The van der Waals surface area contributed by atoms with Crippen LogP contribution in [0.5, 0.6) is 11.5 Å². The van der Waals surface area contributed by atoms with Crippen LogP contribution < -0.4 is 4.74 Å². The molecular weight excluding hydrogens is 340 g/mol. The highest BCUT2D eigenvalue weighted by atomic mass is 16.5. The molecule has 4 heteroatoms. The Morgan fingerprint density at radius 1 is 0.889 bits per heavy atom. The number of benzene rings is 2. The Balaban J connectivity index is 1.92. The molecule has 0 aliphatic carbocycles. The number of unbranched alkanes of at least 4 members (excludes halogenated alkanes) is 2. The standard InChI is InChI=1S/C23H28O4/c1-3-5-6-7-20(4-2)27-21-14-10-18(11-15-21)23(26)16-22(25)17-8-12-19(24)13-9-17/h8-15,20,24H,3-7,16H2,1-2H3. The van der Waals surface area contributed by atoms with Gasteiger partial charge in [0.15, 0.2) is 11.6 Å². The minimum absolute atomic E-state index is 0.0912. The fraction of sp³-hybridized carbons (Fsp3) is 0.391. The minimum atomic E-state index is -0.262. The van der Waals surface area contributed by atoms with Gasteiger partial charge in [-0.15, -0.1) is 0 Å². The number of carbonyl (C=O) groups excluding carboxylic acids is 2. The Bertz CT molecular complexity index is 732. The number of Topliss-reactive ketones (excluding diaryl/α,β-unsaturated/α-hetero) is 2. The second-order valence-electron chi connectivity index (χ2n) is 6.74. The van der Waals surface area contributed by atoms with Crippen LogP contribution in [0.2, 0.25) is 0 Å². The molecule has 0 bridgehead atoms. The number of ketones is 2. The molecule has 2 aromatic rings. The zero-order valence-electron chi connectivity index (χ0n) is 16.1. The summed E-state index contributed by atoms with van der Waals surface area (Å²) in [4.78, 5) is 24.5. The van der Waals surface area contributed by atoms with E-state index in [9.17, 15) is 14.7 Å². The van der Waals surface area contributed by atoms with Crippen LogP contribution in [-0.2, 0) is 0 Å². The predicted molar refractivity (Wildman–Crippen MR) is 107 cm³/mol. The average molecular weight is 368 g/mol. The van der Waals surface area contributed by atoms with E-state index in [4.69, 9.17) is 4.74 Å². The summed E-state index contributed by atoms with van der Waals surface area (Å²) in [6.07, 6.45) is 5.54. The van der Waals surface area contributed by atoms with Crippen LogP contribution in [0.15, 0.2) is 48.5 Å². The normalized spacial score (nSPS) is 11.8. The van der Waals surface area contributed by atoms with Crippen LogP contribution in [0.1, 0.15) is 73.1 Å². The number of hydrogen-bond donors (Lipinski definition) is 1. The minimum Gasteiger partial charge on any atom is -0.508 e. The van der Waals surface area contributed by atoms with Gasteiger partial charge in [0, 0.05) is 11.1 Å². The molecule has 0 aliphatic rings. The van der Waals surface area contributed by atoms with Crippen molar-refractivity contribution >= 4 is 11.6 Å². The van der Waals surface area contributed by atoms with Gasteiger partial charge in [-0.25, -0.2) is 0 Å². The maximum atomic E-state index is 12.3. The molecule has 2 rings (SSSR count). The van der Waals surface area contributed by atoms with E-state index in [0.29, 0.717) is 11.1 Å². The van der Waals surface area contributed by atoms with E-state index in [2.05, 4.69) is 13.8 Å². The molecule has 0 saturated carbocycles. The summed E-state index contributed by atoms with van der Waals surface area (Å²) < 4.78 is 6.00. The van der Waals surface area contributed by atoms with Crippen molar-refractivity contribution in [1.29, 1.82) is 0 Å². The molecule has 1 N–H and O–H groups in total. The average Bonchev–Trinajstić information content (AvgIpc) is 2.68. The van der Waals surface area contributed by atoms with Crippen molar-refractivity contribution in [3.63, 3.8) is 0 Å². The highest BCUT2D eigenvalue weighted by Gasteiger charge is 2.14. The van der Waals surface area contributed by atoms with Crippen LogP contribution in [0, 0.1) is 0 Å². The molecule has 0 fully saturated rings. The van der Waals surface area contributed by atoms with E-state index in [1.54, 1.807) is 24.3 Å². The van der Waals surface area contributed by atoms with Crippen molar-refractivity contribution in [2.75, 3.05) is 0 Å². The van der Waals surface area contributed by atoms with Gasteiger partial charge in [0.05, 0.1) is 12.5 Å². The molecule has 0 radical (unpaired) electrons. The summed E-state index contributed by atoms with van der Waals surface area (Å²) in [5.41, 5.74) is 0.910. The topological polar surface area (TPSA) is 63.6 Å². The van der Waals surface area contributed by atoms with Crippen LogP contribution in [-0.4, -0.2) is 22.8 Å². The summed E-state index contributed by atoms with van der Waals surface area (Å²) in [6.45, 7) is 4.30. The van der Waals surface area contributed by atoms with E-state index < -0.39 is 0 Å². The number of rotatable bonds is 11. The number of phenolic OH excluding ortho intramolecular Hbond substituents is 1. The first-order valence-corrected chi connectivity index (χ1v) is 9.65. The predicted octanol–water partition coefficient (Wildman–Crippen LogP) is 5.59. The third-order valence-electron chi connectivity index (χ3n) is 4.57. The zero-order chi connectivity index (χ0) is 19.6. The lowest BCUT2D eigenvalue weighted by molar-refractivity contribution is 0.0894. The molecule has 27 heavy (non-hydrogen) atoms. The van der Waals surface area contributed by atoms with E-state index in [1.807, 2.05) is 0 Å². The monoisotopic (exact) mass is 368 g/mol. The second-order valence-corrected chi connectivity index (χ2v) is 6.74. The van der Waals surface area contributed by atoms with Gasteiger partial charge < -0.3 is 9.84 Å². The number of aromatic hydroxyl groups is 1. The Kier molecular flexibility index (Phi) is 8.05. The lowest BCUT2D eigenvalue weighted by Crippen LogP contribution is -2.15. The van der Waals surface area contributed by atoms with Crippen LogP contribution >= 0.6 is 0 Å². The molecule has 0 saturated heterocycles. The van der Waals surface area contributed by atoms with E-state index in [0.717, 1.165) is 25.0 Å². The van der Waals surface area contributed by atoms with Crippen LogP contribution in [0.25, 0.3) is 0 Å². The quantitative estimate of drug-likeness (QED) is 0.319. The summed E-state index contributed by atoms with van der Waals surface area (Å²) in [7, 11) is 0. The summed E-state index contributed by atoms with van der Waals surface area (Å²) in [6, 6.07) is 12.9. The Labute approximate surface area is 161 Å². The summed E-state index contributed by atoms with van der Waals surface area (Å²) >= 11 is 0. The first kappa shape index (κ1) is 20.7. The van der Waals surface area contributed by atoms with Crippen molar-refractivity contribution in [2.24, 2.45) is 0 Å². The fourth-order valence-electron chi connectivity index (χ4n) is 2.88. The molecule has 0 spiro atoms. The van der Waals surface area contributed by atoms with Gasteiger partial charge >= 0.3 is 0 Å². The lowest BCUT2D eigenvalue weighted by Gasteiger charge is -2.17. The van der Waals surface area contributed by atoms with Gasteiger partial charge in [-0.2, -0.15) is 0 Å². The molecule has 1 atom stereocenters. The molecule has 1 unspecified atom stereocenters. The molecule has 2 aromatic carbocycles. The van der Waals surface area contributed by atoms with Gasteiger partial charge in [0.2, 0.25) is 0 Å². The first-order valence-electron chi connectivity index (χ1n) is 9.65. The molecule has 0 amide bonds. The Morgan fingerprint density at radius 3 is 1.96 bits per heavy atom. The van der Waals surface area contributed by atoms with Crippen molar-refractivity contribution in [3.8, 4) is 11.5 Å². The molecular formula is C23H28O4. The maximum absolute atomic E-state index is 12.3. The third kappa shape index (κ3) is 6.55. The number of carbonyl (C=O) groups is 2. The first-order chi connectivity index (χ1) is 13.0. The number of hydrogen-bond acceptors (Lipinski definition) is 4. The highest BCUT2D eigenvalue weighted by molar-refractivity contribution is 6.13. The largest absolute Gasteiger partial charge is 0.508 e. The second kappa shape index (κ2) is 10.5. The van der Waals surface area contributed by atoms with Crippen LogP contribution in [0.4, 0.5) is 0 Å². The summed E-state index contributed by atoms with van der Waals surface area (Å²) in [5.74, 6) is 0.352. The Hall–Kier alpha value is -2.62. The van der Waals surface area contributed by atoms with E-state index in [1.165, 1.54) is 37.1 Å². The van der Waals surface area contributed by atoms with Crippen molar-refractivity contribution in [3.05, 3.63) is 59.7 Å². The van der Waals surface area contributed by atoms with Crippen molar-refractivity contribution in [2.45, 2.75) is 58.5 Å². The molecule has 0 heterocycles. The Morgan fingerprint density at radius 2 is 1.44 bits per heavy atom. The number of phenols is 1. The molecule has 0 aliphatic heterocycles. The SMILES string of the molecule is CCCCCC(CC)Oc1ccc(C(=O)CC(=O)c2ccc(O)cc2)cc1. The van der Waals surface area contributed by atoms with Gasteiger partial charge in [-0.05, 0) is 67.8 Å². The molecule has 4 nitrogen and oxygen atoms in total. The fourth-order valence-corrected chi connectivity index (χ4v) is 2.88. The smallest absolute Gasteiger partial charge is 0.170 e. The third-order valence-corrected chi connectivity index (χ3v) is 4.57. The van der Waals surface area contributed by atoms with Crippen molar-refractivity contribution < 1.29 is 19.4 Å². The van der Waals surface area contributed by atoms with Gasteiger partial charge in [0.1, 0.15) is 11.5 Å². The van der Waals surface area contributed by atoms with Crippen LogP contribution in [0.3, 0.4) is 0 Å². The van der Waals surface area contributed by atoms with Crippen molar-refractivity contribution in [1.82, 2.24) is 0 Å². The molecule has 0 aromatic heterocycles. The van der Waals surface area contributed by atoms with Gasteiger partial charge in [-0.1, -0.05) is 26.7 Å². The van der Waals surface area contributed by atoms with Gasteiger partial charge in [-0.3, -0.25) is 9.59 Å². The number of ether oxygens (including phenoxy) is 1. The maximum Gasteiger partial charge on any atom is 0.170 e. The highest BCUT2D eigenvalue weighted by Crippen LogP contribution is 2.19. The summed E-state index contributed by atoms with van der Waals surface area (Å²) in [5, 5.41) is 9.27.